The third kappa shape index (κ3) is 5.14. The first kappa shape index (κ1) is 21.3. The Hall–Kier alpha value is -3.41. The van der Waals surface area contributed by atoms with Gasteiger partial charge in [0.25, 0.3) is 5.91 Å². The highest BCUT2D eigenvalue weighted by Gasteiger charge is 2.29. The molecule has 156 valence electrons. The maximum absolute atomic E-state index is 12.8. The second-order valence-corrected chi connectivity index (χ2v) is 7.64. The molecule has 2 aromatic rings. The number of nitrogens with zero attached hydrogens (tertiary/aromatic N) is 1. The quantitative estimate of drug-likeness (QED) is 0.598. The molecule has 1 atom stereocenters. The predicted octanol–water partition coefficient (Wildman–Crippen LogP) is 4.13. The molecule has 0 fully saturated rings. The van der Waals surface area contributed by atoms with E-state index < -0.39 is 12.6 Å². The highest BCUT2D eigenvalue weighted by atomic mass is 16.5. The zero-order chi connectivity index (χ0) is 21.7. The molecule has 6 heteroatoms. The van der Waals surface area contributed by atoms with Gasteiger partial charge in [0.15, 0.2) is 6.61 Å². The van der Waals surface area contributed by atoms with Crippen LogP contribution in [0.25, 0.3) is 6.08 Å². The maximum Gasteiger partial charge on any atom is 0.331 e. The zero-order valence-electron chi connectivity index (χ0n) is 17.4. The molecule has 1 aliphatic rings. The van der Waals surface area contributed by atoms with Crippen molar-refractivity contribution in [2.24, 2.45) is 0 Å². The molecule has 3 rings (SSSR count). The van der Waals surface area contributed by atoms with Gasteiger partial charge >= 0.3 is 5.97 Å². The van der Waals surface area contributed by atoms with Crippen LogP contribution < -0.4 is 10.2 Å². The first-order chi connectivity index (χ1) is 14.3. The Morgan fingerprint density at radius 3 is 2.57 bits per heavy atom. The molecule has 2 amide bonds. The molecule has 30 heavy (non-hydrogen) atoms. The summed E-state index contributed by atoms with van der Waals surface area (Å²) in [5.41, 5.74) is 3.26. The second kappa shape index (κ2) is 9.39. The number of para-hydroxylation sites is 2. The smallest absolute Gasteiger partial charge is 0.331 e. The summed E-state index contributed by atoms with van der Waals surface area (Å²) in [5, 5.41) is 2.80. The standard InChI is InChI=1S/C24H26N2O4/c1-16(2)19-11-8-18(9-12-19)10-13-24(29)30-15-23(28)26-17(3)14-22(27)25-20-6-4-5-7-21(20)26/h4-13,16-17H,14-15H2,1-3H3,(H,25,27)/b13-10+. The Labute approximate surface area is 176 Å². The SMILES string of the molecule is CC(C)c1ccc(/C=C/C(=O)OCC(=O)N2c3ccccc3NC(=O)CC2C)cc1. The number of rotatable bonds is 5. The van der Waals surface area contributed by atoms with E-state index in [4.69, 9.17) is 4.74 Å². The Kier molecular flexibility index (Phi) is 6.67. The fourth-order valence-corrected chi connectivity index (χ4v) is 3.37. The molecule has 0 aliphatic carbocycles. The van der Waals surface area contributed by atoms with Crippen molar-refractivity contribution in [3.05, 3.63) is 65.7 Å². The van der Waals surface area contributed by atoms with E-state index in [1.807, 2.05) is 24.3 Å². The Balaban J connectivity index is 1.63. The number of carbonyl (C=O) groups is 3. The number of amides is 2. The van der Waals surface area contributed by atoms with Crippen molar-refractivity contribution >= 4 is 35.2 Å². The molecule has 0 radical (unpaired) electrons. The van der Waals surface area contributed by atoms with Gasteiger partial charge in [0.05, 0.1) is 11.4 Å². The highest BCUT2D eigenvalue weighted by molar-refractivity contribution is 6.05. The van der Waals surface area contributed by atoms with E-state index in [1.165, 1.54) is 16.5 Å². The number of hydrogen-bond donors (Lipinski definition) is 1. The number of esters is 1. The summed E-state index contributed by atoms with van der Waals surface area (Å²) in [7, 11) is 0. The largest absolute Gasteiger partial charge is 0.452 e. The first-order valence-corrected chi connectivity index (χ1v) is 10.0. The van der Waals surface area contributed by atoms with Gasteiger partial charge in [-0.25, -0.2) is 4.79 Å². The summed E-state index contributed by atoms with van der Waals surface area (Å²) in [6, 6.07) is 14.6. The van der Waals surface area contributed by atoms with Gasteiger partial charge in [-0.2, -0.15) is 0 Å². The van der Waals surface area contributed by atoms with Crippen molar-refractivity contribution in [2.45, 2.75) is 39.2 Å². The topological polar surface area (TPSA) is 75.7 Å². The molecular formula is C24H26N2O4. The second-order valence-electron chi connectivity index (χ2n) is 7.64. The van der Waals surface area contributed by atoms with Gasteiger partial charge in [0.2, 0.25) is 5.91 Å². The summed E-state index contributed by atoms with van der Waals surface area (Å²) < 4.78 is 5.15. The van der Waals surface area contributed by atoms with Gasteiger partial charge < -0.3 is 15.0 Å². The molecule has 6 nitrogen and oxygen atoms in total. The van der Waals surface area contributed by atoms with Gasteiger partial charge in [-0.05, 0) is 42.2 Å². The number of nitrogens with one attached hydrogen (secondary N) is 1. The van der Waals surface area contributed by atoms with Gasteiger partial charge in [0.1, 0.15) is 0 Å². The number of hydrogen-bond acceptors (Lipinski definition) is 4. The molecule has 1 unspecified atom stereocenters. The van der Waals surface area contributed by atoms with Crippen molar-refractivity contribution in [3.8, 4) is 0 Å². The number of carbonyl (C=O) groups excluding carboxylic acids is 3. The van der Waals surface area contributed by atoms with E-state index in [9.17, 15) is 14.4 Å². The lowest BCUT2D eigenvalue weighted by Crippen LogP contribution is -2.41. The summed E-state index contributed by atoms with van der Waals surface area (Å²) in [6.45, 7) is 5.63. The van der Waals surface area contributed by atoms with Gasteiger partial charge in [-0.1, -0.05) is 50.2 Å². The number of fused-ring (bicyclic) bond motifs is 1. The Morgan fingerprint density at radius 2 is 1.87 bits per heavy atom. The van der Waals surface area contributed by atoms with Crippen LogP contribution >= 0.6 is 0 Å². The van der Waals surface area contributed by atoms with Crippen LogP contribution in [0.5, 0.6) is 0 Å². The van der Waals surface area contributed by atoms with Crippen LogP contribution in [0.15, 0.2) is 54.6 Å². The van der Waals surface area contributed by atoms with Gasteiger partial charge in [0, 0.05) is 18.5 Å². The van der Waals surface area contributed by atoms with Crippen LogP contribution in [-0.4, -0.2) is 30.4 Å². The van der Waals surface area contributed by atoms with Crippen molar-refractivity contribution < 1.29 is 19.1 Å². The van der Waals surface area contributed by atoms with Gasteiger partial charge in [-0.3, -0.25) is 9.59 Å². The summed E-state index contributed by atoms with van der Waals surface area (Å²) >= 11 is 0. The van der Waals surface area contributed by atoms with E-state index >= 15 is 0 Å². The lowest BCUT2D eigenvalue weighted by Gasteiger charge is -2.27. The Bertz CT molecular complexity index is 963. The molecule has 1 aliphatic heterocycles. The molecule has 0 saturated carbocycles. The van der Waals surface area contributed by atoms with E-state index in [0.29, 0.717) is 17.3 Å². The normalized spacial score (nSPS) is 16.2. The minimum Gasteiger partial charge on any atom is -0.452 e. The molecule has 1 N–H and O–H groups in total. The molecule has 0 bridgehead atoms. The summed E-state index contributed by atoms with van der Waals surface area (Å²) in [5.74, 6) is -0.694. The molecule has 0 saturated heterocycles. The minimum atomic E-state index is -0.596. The van der Waals surface area contributed by atoms with Crippen LogP contribution in [0, 0.1) is 0 Å². The minimum absolute atomic E-state index is 0.159. The van der Waals surface area contributed by atoms with Crippen molar-refractivity contribution in [1.29, 1.82) is 0 Å². The number of benzene rings is 2. The lowest BCUT2D eigenvalue weighted by atomic mass is 10.0. The van der Waals surface area contributed by atoms with E-state index in [2.05, 4.69) is 19.2 Å². The highest BCUT2D eigenvalue weighted by Crippen LogP contribution is 2.31. The van der Waals surface area contributed by atoms with Crippen LogP contribution in [0.4, 0.5) is 11.4 Å². The fourth-order valence-electron chi connectivity index (χ4n) is 3.37. The van der Waals surface area contributed by atoms with Crippen molar-refractivity contribution in [2.75, 3.05) is 16.8 Å². The first-order valence-electron chi connectivity index (χ1n) is 10.0. The number of anilines is 2. The zero-order valence-corrected chi connectivity index (χ0v) is 17.4. The van der Waals surface area contributed by atoms with Crippen LogP contribution in [-0.2, 0) is 19.1 Å². The molecule has 1 heterocycles. The van der Waals surface area contributed by atoms with Gasteiger partial charge in [-0.15, -0.1) is 0 Å². The van der Waals surface area contributed by atoms with E-state index in [1.54, 1.807) is 37.3 Å². The molecule has 2 aromatic carbocycles. The summed E-state index contributed by atoms with van der Waals surface area (Å²) in [6.07, 6.45) is 3.13. The average Bonchev–Trinajstić information content (AvgIpc) is 2.84. The number of ether oxygens (including phenoxy) is 1. The predicted molar refractivity (Wildman–Crippen MR) is 117 cm³/mol. The molecule has 0 aromatic heterocycles. The fraction of sp³-hybridized carbons (Fsp3) is 0.292. The average molecular weight is 406 g/mol. The maximum atomic E-state index is 12.8. The van der Waals surface area contributed by atoms with Crippen molar-refractivity contribution in [1.82, 2.24) is 0 Å². The molecule has 0 spiro atoms. The summed E-state index contributed by atoms with van der Waals surface area (Å²) in [4.78, 5) is 38.4. The van der Waals surface area contributed by atoms with Crippen LogP contribution in [0.2, 0.25) is 0 Å². The lowest BCUT2D eigenvalue weighted by molar-refractivity contribution is -0.143. The van der Waals surface area contributed by atoms with E-state index in [0.717, 1.165) is 5.56 Å². The third-order valence-electron chi connectivity index (χ3n) is 4.98. The Morgan fingerprint density at radius 1 is 1.17 bits per heavy atom. The van der Waals surface area contributed by atoms with Crippen LogP contribution in [0.3, 0.4) is 0 Å². The van der Waals surface area contributed by atoms with E-state index in [-0.39, 0.29) is 24.3 Å². The third-order valence-corrected chi connectivity index (χ3v) is 4.98. The molecular weight excluding hydrogens is 380 g/mol. The monoisotopic (exact) mass is 406 g/mol. The van der Waals surface area contributed by atoms with Crippen molar-refractivity contribution in [3.63, 3.8) is 0 Å². The van der Waals surface area contributed by atoms with Crippen LogP contribution in [0.1, 0.15) is 44.2 Å².